The van der Waals surface area contributed by atoms with Crippen LogP contribution in [-0.4, -0.2) is 45.1 Å². The van der Waals surface area contributed by atoms with Gasteiger partial charge < -0.3 is 10.2 Å². The molecule has 3 heterocycles. The van der Waals surface area contributed by atoms with Crippen LogP contribution in [0.5, 0.6) is 0 Å². The summed E-state index contributed by atoms with van der Waals surface area (Å²) >= 11 is 6.15. The van der Waals surface area contributed by atoms with Crippen molar-refractivity contribution in [3.8, 4) is 0 Å². The van der Waals surface area contributed by atoms with E-state index < -0.39 is 12.0 Å². The number of nitrogens with one attached hydrogen (secondary N) is 1. The lowest BCUT2D eigenvalue weighted by Gasteiger charge is -2.21. The summed E-state index contributed by atoms with van der Waals surface area (Å²) in [5.41, 5.74) is 4.03. The SMILES string of the molecule is Cc1ccc(Cl)cc1N1CCC(CNC(=O)CCc2c(C)nc3nc(C(F)(F)F)nn3c2C)C1. The third-order valence-corrected chi connectivity index (χ3v) is 6.53. The number of aryl methyl sites for hydroxylation is 3. The zero-order valence-corrected chi connectivity index (χ0v) is 20.0. The molecule has 1 atom stereocenters. The molecule has 2 aromatic heterocycles. The molecule has 4 rings (SSSR count). The molecule has 1 N–H and O–H groups in total. The predicted molar refractivity (Wildman–Crippen MR) is 123 cm³/mol. The number of nitrogens with zero attached hydrogens (tertiary/aromatic N) is 5. The summed E-state index contributed by atoms with van der Waals surface area (Å²) in [5, 5.41) is 7.25. The van der Waals surface area contributed by atoms with Crippen LogP contribution in [0.1, 0.15) is 41.2 Å². The van der Waals surface area contributed by atoms with E-state index in [1.54, 1.807) is 13.8 Å². The summed E-state index contributed by atoms with van der Waals surface area (Å²) in [6.07, 6.45) is -3.11. The van der Waals surface area contributed by atoms with E-state index in [9.17, 15) is 18.0 Å². The van der Waals surface area contributed by atoms with E-state index in [-0.39, 0.29) is 18.1 Å². The number of rotatable bonds is 6. The lowest BCUT2D eigenvalue weighted by atomic mass is 10.1. The van der Waals surface area contributed by atoms with Crippen molar-refractivity contribution in [1.82, 2.24) is 24.9 Å². The largest absolute Gasteiger partial charge is 0.453 e. The molecule has 1 aliphatic heterocycles. The van der Waals surface area contributed by atoms with E-state index in [0.717, 1.165) is 29.7 Å². The standard InChI is InChI=1S/C23H26ClF3N6O/c1-13-4-5-17(24)10-19(13)32-9-8-16(12-32)11-28-20(34)7-6-18-14(2)29-22-30-21(23(25,26)27)31-33(22)15(18)3/h4-5,10,16H,6-9,11-12H2,1-3H3,(H,28,34). The van der Waals surface area contributed by atoms with Crippen LogP contribution in [0.25, 0.3) is 5.78 Å². The van der Waals surface area contributed by atoms with Gasteiger partial charge in [-0.3, -0.25) is 4.79 Å². The van der Waals surface area contributed by atoms with Crippen LogP contribution >= 0.6 is 11.6 Å². The highest BCUT2D eigenvalue weighted by atomic mass is 35.5. The Morgan fingerprint density at radius 3 is 2.74 bits per heavy atom. The minimum absolute atomic E-state index is 0.101. The average Bonchev–Trinajstić information content (AvgIpc) is 3.41. The molecule has 1 aliphatic rings. The molecule has 0 radical (unpaired) electrons. The van der Waals surface area contributed by atoms with Crippen molar-refractivity contribution in [2.45, 2.75) is 46.2 Å². The van der Waals surface area contributed by atoms with Gasteiger partial charge in [0.1, 0.15) is 0 Å². The lowest BCUT2D eigenvalue weighted by molar-refractivity contribution is -0.144. The predicted octanol–water partition coefficient (Wildman–Crippen LogP) is 4.30. The number of carbonyl (C=O) groups excluding carboxylic acids is 1. The fraction of sp³-hybridized carbons (Fsp3) is 0.478. The van der Waals surface area contributed by atoms with E-state index in [1.165, 1.54) is 5.56 Å². The summed E-state index contributed by atoms with van der Waals surface area (Å²) in [4.78, 5) is 22.4. The Kier molecular flexibility index (Phi) is 6.71. The van der Waals surface area contributed by atoms with Crippen LogP contribution in [-0.2, 0) is 17.4 Å². The van der Waals surface area contributed by atoms with Crippen molar-refractivity contribution >= 4 is 29.0 Å². The highest BCUT2D eigenvalue weighted by molar-refractivity contribution is 6.30. The average molecular weight is 495 g/mol. The highest BCUT2D eigenvalue weighted by Gasteiger charge is 2.37. The Labute approximate surface area is 200 Å². The molecule has 1 fully saturated rings. The molecular formula is C23H26ClF3N6O. The molecule has 1 saturated heterocycles. The summed E-state index contributed by atoms with van der Waals surface area (Å²) in [7, 11) is 0. The van der Waals surface area contributed by atoms with Crippen LogP contribution < -0.4 is 10.2 Å². The summed E-state index contributed by atoms with van der Waals surface area (Å²) in [5.74, 6) is -1.10. The van der Waals surface area contributed by atoms with Crippen LogP contribution in [0.15, 0.2) is 18.2 Å². The number of alkyl halides is 3. The van der Waals surface area contributed by atoms with Crippen molar-refractivity contribution in [3.05, 3.63) is 51.6 Å². The normalized spacial score (nSPS) is 16.4. The van der Waals surface area contributed by atoms with Crippen molar-refractivity contribution in [2.24, 2.45) is 5.92 Å². The quantitative estimate of drug-likeness (QED) is 0.553. The molecule has 7 nitrogen and oxygen atoms in total. The van der Waals surface area contributed by atoms with Gasteiger partial charge in [-0.05, 0) is 62.8 Å². The van der Waals surface area contributed by atoms with Crippen molar-refractivity contribution < 1.29 is 18.0 Å². The number of hydrogen-bond acceptors (Lipinski definition) is 5. The topological polar surface area (TPSA) is 75.4 Å². The number of hydrogen-bond donors (Lipinski definition) is 1. The fourth-order valence-corrected chi connectivity index (χ4v) is 4.58. The minimum Gasteiger partial charge on any atom is -0.371 e. The molecule has 0 spiro atoms. The Morgan fingerprint density at radius 1 is 1.24 bits per heavy atom. The number of carbonyl (C=O) groups is 1. The van der Waals surface area contributed by atoms with Gasteiger partial charge in [0.25, 0.3) is 11.6 Å². The first-order chi connectivity index (χ1) is 16.0. The number of halogens is 4. The highest BCUT2D eigenvalue weighted by Crippen LogP contribution is 2.29. The number of benzene rings is 1. The van der Waals surface area contributed by atoms with E-state index in [0.29, 0.717) is 40.9 Å². The van der Waals surface area contributed by atoms with E-state index in [2.05, 4.69) is 32.2 Å². The van der Waals surface area contributed by atoms with Gasteiger partial charge in [0, 0.05) is 48.2 Å². The summed E-state index contributed by atoms with van der Waals surface area (Å²) < 4.78 is 40.0. The van der Waals surface area contributed by atoms with Crippen LogP contribution in [0.4, 0.5) is 18.9 Å². The maximum atomic E-state index is 13.0. The number of fused-ring (bicyclic) bond motifs is 1. The monoisotopic (exact) mass is 494 g/mol. The Balaban J connectivity index is 1.33. The van der Waals surface area contributed by atoms with Crippen LogP contribution in [0.2, 0.25) is 5.02 Å². The number of amides is 1. The van der Waals surface area contributed by atoms with Crippen molar-refractivity contribution in [2.75, 3.05) is 24.5 Å². The van der Waals surface area contributed by atoms with Gasteiger partial charge in [0.15, 0.2) is 0 Å². The van der Waals surface area contributed by atoms with Crippen LogP contribution in [0.3, 0.4) is 0 Å². The Bertz CT molecular complexity index is 1230. The molecule has 1 aromatic carbocycles. The molecule has 0 bridgehead atoms. The Hall–Kier alpha value is -2.88. The van der Waals surface area contributed by atoms with Crippen molar-refractivity contribution in [1.29, 1.82) is 0 Å². The molecule has 11 heteroatoms. The first kappa shape index (κ1) is 24.3. The van der Waals surface area contributed by atoms with Gasteiger partial charge in [-0.15, -0.1) is 5.10 Å². The molecule has 1 amide bonds. The fourth-order valence-electron chi connectivity index (χ4n) is 4.42. The van der Waals surface area contributed by atoms with Gasteiger partial charge >= 0.3 is 6.18 Å². The van der Waals surface area contributed by atoms with Crippen LogP contribution in [0, 0.1) is 26.7 Å². The van der Waals surface area contributed by atoms with E-state index in [4.69, 9.17) is 11.6 Å². The van der Waals surface area contributed by atoms with E-state index >= 15 is 0 Å². The smallest absolute Gasteiger partial charge is 0.371 e. The zero-order valence-electron chi connectivity index (χ0n) is 19.2. The van der Waals surface area contributed by atoms with Gasteiger partial charge in [-0.1, -0.05) is 17.7 Å². The minimum atomic E-state index is -4.64. The van der Waals surface area contributed by atoms with Gasteiger partial charge in [0.05, 0.1) is 0 Å². The van der Waals surface area contributed by atoms with Gasteiger partial charge in [-0.2, -0.15) is 18.2 Å². The first-order valence-electron chi connectivity index (χ1n) is 11.1. The first-order valence-corrected chi connectivity index (χ1v) is 11.5. The van der Waals surface area contributed by atoms with E-state index in [1.807, 2.05) is 18.2 Å². The molecule has 1 unspecified atom stereocenters. The second-order valence-corrected chi connectivity index (χ2v) is 9.18. The third-order valence-electron chi connectivity index (χ3n) is 6.29. The second kappa shape index (κ2) is 9.40. The maximum absolute atomic E-state index is 13.0. The molecule has 34 heavy (non-hydrogen) atoms. The Morgan fingerprint density at radius 2 is 2.00 bits per heavy atom. The number of aromatic nitrogens is 4. The number of anilines is 1. The molecule has 0 saturated carbocycles. The maximum Gasteiger partial charge on any atom is 0.453 e. The third kappa shape index (κ3) is 5.11. The molecular weight excluding hydrogens is 469 g/mol. The van der Waals surface area contributed by atoms with Gasteiger partial charge in [0.2, 0.25) is 5.91 Å². The van der Waals surface area contributed by atoms with Gasteiger partial charge in [-0.25, -0.2) is 9.50 Å². The molecule has 0 aliphatic carbocycles. The zero-order chi connectivity index (χ0) is 24.6. The van der Waals surface area contributed by atoms with Crippen molar-refractivity contribution in [3.63, 3.8) is 0 Å². The summed E-state index contributed by atoms with van der Waals surface area (Å²) in [6, 6.07) is 5.86. The molecule has 3 aromatic rings. The molecule has 182 valence electrons. The summed E-state index contributed by atoms with van der Waals surface area (Å²) in [6.45, 7) is 7.74. The second-order valence-electron chi connectivity index (χ2n) is 8.74. The lowest BCUT2D eigenvalue weighted by Crippen LogP contribution is -2.31.